The molecule has 1 atom stereocenters. The Morgan fingerprint density at radius 2 is 1.96 bits per heavy atom. The van der Waals surface area contributed by atoms with Crippen molar-refractivity contribution in [3.8, 4) is 0 Å². The van der Waals surface area contributed by atoms with Gasteiger partial charge in [-0.15, -0.1) is 0 Å². The number of anilines is 1. The van der Waals surface area contributed by atoms with Gasteiger partial charge in [0.25, 0.3) is 0 Å². The molecule has 1 amide bonds. The van der Waals surface area contributed by atoms with Crippen molar-refractivity contribution in [1.82, 2.24) is 4.90 Å². The quantitative estimate of drug-likeness (QED) is 0.755. The molecule has 0 aromatic heterocycles. The minimum Gasteiger partial charge on any atom is -0.465 e. The van der Waals surface area contributed by atoms with Gasteiger partial charge in [0.2, 0.25) is 0 Å². The fraction of sp³-hybridized carbons (Fsp3) is 0.600. The fourth-order valence-electron chi connectivity index (χ4n) is 3.85. The molecule has 0 N–H and O–H groups in total. The van der Waals surface area contributed by atoms with E-state index in [0.717, 1.165) is 36.3 Å². The number of esters is 1. The number of hydrogen-bond acceptors (Lipinski definition) is 5. The van der Waals surface area contributed by atoms with Crippen LogP contribution in [0.4, 0.5) is 10.5 Å². The highest BCUT2D eigenvalue weighted by molar-refractivity contribution is 5.94. The van der Waals surface area contributed by atoms with Crippen LogP contribution < -0.4 is 4.90 Å². The summed E-state index contributed by atoms with van der Waals surface area (Å²) in [4.78, 5) is 28.8. The minimum absolute atomic E-state index is 0.295. The second-order valence-corrected chi connectivity index (χ2v) is 7.98. The van der Waals surface area contributed by atoms with Gasteiger partial charge in [-0.3, -0.25) is 0 Å². The fourth-order valence-corrected chi connectivity index (χ4v) is 3.85. The van der Waals surface area contributed by atoms with Gasteiger partial charge in [0.15, 0.2) is 0 Å². The first-order chi connectivity index (χ1) is 12.2. The van der Waals surface area contributed by atoms with Gasteiger partial charge < -0.3 is 19.3 Å². The van der Waals surface area contributed by atoms with E-state index in [-0.39, 0.29) is 12.1 Å². The molecular formula is C20H28N2O4. The maximum absolute atomic E-state index is 12.5. The molecule has 2 aliphatic rings. The summed E-state index contributed by atoms with van der Waals surface area (Å²) >= 11 is 0. The van der Waals surface area contributed by atoms with E-state index in [1.54, 1.807) is 4.90 Å². The van der Waals surface area contributed by atoms with Crippen molar-refractivity contribution in [2.75, 3.05) is 31.6 Å². The molecule has 0 saturated heterocycles. The highest BCUT2D eigenvalue weighted by atomic mass is 16.6. The van der Waals surface area contributed by atoms with Crippen LogP contribution in [0, 0.1) is 0 Å². The van der Waals surface area contributed by atoms with Crippen LogP contribution in [0.25, 0.3) is 0 Å². The third-order valence-corrected chi connectivity index (χ3v) is 5.02. The number of amides is 1. The van der Waals surface area contributed by atoms with Gasteiger partial charge in [-0.1, -0.05) is 13.0 Å². The zero-order valence-corrected chi connectivity index (χ0v) is 16.3. The number of methoxy groups -OCH3 is 1. The molecule has 0 bridgehead atoms. The average molecular weight is 360 g/mol. The van der Waals surface area contributed by atoms with Gasteiger partial charge in [-0.25, -0.2) is 9.59 Å². The second-order valence-electron chi connectivity index (χ2n) is 7.98. The highest BCUT2D eigenvalue weighted by Crippen LogP contribution is 2.44. The minimum atomic E-state index is -0.518. The smallest absolute Gasteiger partial charge is 0.410 e. The van der Waals surface area contributed by atoms with Crippen LogP contribution in [0.3, 0.4) is 0 Å². The van der Waals surface area contributed by atoms with Crippen LogP contribution in [0.1, 0.15) is 61.5 Å². The Balaban J connectivity index is 1.98. The molecule has 0 radical (unpaired) electrons. The van der Waals surface area contributed by atoms with E-state index in [4.69, 9.17) is 9.47 Å². The molecule has 0 saturated carbocycles. The van der Waals surface area contributed by atoms with Crippen LogP contribution in [-0.2, 0) is 16.0 Å². The second kappa shape index (κ2) is 6.82. The zero-order chi connectivity index (χ0) is 19.1. The summed E-state index contributed by atoms with van der Waals surface area (Å²) in [5.74, 6) is 0.0171. The third kappa shape index (κ3) is 3.37. The molecule has 0 aliphatic carbocycles. The molecule has 2 aliphatic heterocycles. The van der Waals surface area contributed by atoms with E-state index in [1.807, 2.05) is 32.9 Å². The Bertz CT molecular complexity index is 723. The summed E-state index contributed by atoms with van der Waals surface area (Å²) in [6.45, 7) is 10.5. The maximum Gasteiger partial charge on any atom is 0.410 e. The number of hydrogen-bond donors (Lipinski definition) is 0. The van der Waals surface area contributed by atoms with Crippen molar-refractivity contribution < 1.29 is 19.1 Å². The summed E-state index contributed by atoms with van der Waals surface area (Å²) in [6.07, 6.45) is 0.670. The molecule has 2 heterocycles. The summed E-state index contributed by atoms with van der Waals surface area (Å²) < 4.78 is 10.5. The van der Waals surface area contributed by atoms with Crippen molar-refractivity contribution in [1.29, 1.82) is 0 Å². The molecular weight excluding hydrogens is 332 g/mol. The van der Waals surface area contributed by atoms with E-state index in [1.165, 1.54) is 7.11 Å². The topological polar surface area (TPSA) is 59.1 Å². The summed E-state index contributed by atoms with van der Waals surface area (Å²) in [6, 6.07) is 3.78. The lowest BCUT2D eigenvalue weighted by Gasteiger charge is -2.27. The van der Waals surface area contributed by atoms with Crippen molar-refractivity contribution in [2.45, 2.75) is 52.2 Å². The summed E-state index contributed by atoms with van der Waals surface area (Å²) in [5.41, 5.74) is 3.36. The van der Waals surface area contributed by atoms with Crippen LogP contribution >= 0.6 is 0 Å². The standard InChI is InChI=1S/C20H28N2O4/c1-6-13-11-21-9-10-22(19(24)26-20(2,3)4)12-14-7-8-15(18(23)25-5)16(13)17(14)21/h7-8,13H,6,9-12H2,1-5H3. The van der Waals surface area contributed by atoms with Crippen LogP contribution in [0.5, 0.6) is 0 Å². The van der Waals surface area contributed by atoms with E-state index >= 15 is 0 Å². The number of ether oxygens (including phenoxy) is 2. The number of benzene rings is 1. The Hall–Kier alpha value is -2.24. The van der Waals surface area contributed by atoms with Gasteiger partial charge in [0.05, 0.1) is 19.2 Å². The van der Waals surface area contributed by atoms with Gasteiger partial charge in [-0.2, -0.15) is 0 Å². The van der Waals surface area contributed by atoms with Crippen molar-refractivity contribution in [3.05, 3.63) is 28.8 Å². The van der Waals surface area contributed by atoms with E-state index in [0.29, 0.717) is 24.6 Å². The Labute approximate surface area is 155 Å². The first-order valence-corrected chi connectivity index (χ1v) is 9.22. The monoisotopic (exact) mass is 360 g/mol. The number of carbonyl (C=O) groups excluding carboxylic acids is 2. The van der Waals surface area contributed by atoms with Crippen molar-refractivity contribution in [3.63, 3.8) is 0 Å². The zero-order valence-electron chi connectivity index (χ0n) is 16.3. The van der Waals surface area contributed by atoms with Crippen molar-refractivity contribution in [2.24, 2.45) is 0 Å². The Kier molecular flexibility index (Phi) is 4.86. The predicted molar refractivity (Wildman–Crippen MR) is 99.7 cm³/mol. The molecule has 0 spiro atoms. The maximum atomic E-state index is 12.5. The molecule has 1 unspecified atom stereocenters. The highest BCUT2D eigenvalue weighted by Gasteiger charge is 2.37. The van der Waals surface area contributed by atoms with E-state index in [9.17, 15) is 9.59 Å². The van der Waals surface area contributed by atoms with E-state index in [2.05, 4.69) is 11.8 Å². The molecule has 6 nitrogen and oxygen atoms in total. The summed E-state index contributed by atoms with van der Waals surface area (Å²) in [7, 11) is 1.42. The lowest BCUT2D eigenvalue weighted by Crippen LogP contribution is -2.39. The molecule has 1 aromatic carbocycles. The molecule has 26 heavy (non-hydrogen) atoms. The lowest BCUT2D eigenvalue weighted by atomic mass is 9.91. The largest absolute Gasteiger partial charge is 0.465 e. The number of carbonyl (C=O) groups is 2. The Morgan fingerprint density at radius 3 is 2.58 bits per heavy atom. The van der Waals surface area contributed by atoms with Crippen LogP contribution in [0.15, 0.2) is 12.1 Å². The molecule has 3 rings (SSSR count). The molecule has 142 valence electrons. The number of nitrogens with zero attached hydrogens (tertiary/aromatic N) is 2. The SMILES string of the molecule is CCC1CN2CCN(C(=O)OC(C)(C)C)Cc3ccc(C(=O)OC)c1c32. The number of rotatable bonds is 2. The lowest BCUT2D eigenvalue weighted by molar-refractivity contribution is 0.0243. The van der Waals surface area contributed by atoms with Gasteiger partial charge >= 0.3 is 12.1 Å². The first kappa shape index (κ1) is 18.5. The van der Waals surface area contributed by atoms with Crippen LogP contribution in [0.2, 0.25) is 0 Å². The van der Waals surface area contributed by atoms with Crippen LogP contribution in [-0.4, -0.2) is 49.3 Å². The van der Waals surface area contributed by atoms with Crippen molar-refractivity contribution >= 4 is 17.7 Å². The third-order valence-electron chi connectivity index (χ3n) is 5.02. The van der Waals surface area contributed by atoms with E-state index < -0.39 is 5.60 Å². The Morgan fingerprint density at radius 1 is 1.23 bits per heavy atom. The summed E-state index contributed by atoms with van der Waals surface area (Å²) in [5, 5.41) is 0. The van der Waals surface area contributed by atoms with Gasteiger partial charge in [-0.05, 0) is 44.4 Å². The molecule has 0 fully saturated rings. The molecule has 1 aromatic rings. The normalized spacial score (nSPS) is 19.0. The molecule has 6 heteroatoms. The first-order valence-electron chi connectivity index (χ1n) is 9.22. The predicted octanol–water partition coefficient (Wildman–Crippen LogP) is 3.54. The van der Waals surface area contributed by atoms with Gasteiger partial charge in [0, 0.05) is 31.2 Å². The van der Waals surface area contributed by atoms with Gasteiger partial charge in [0.1, 0.15) is 5.60 Å². The average Bonchev–Trinajstić information content (AvgIpc) is 2.84.